The smallest absolute Gasteiger partial charge is 0.124 e. The molecule has 0 atom stereocenters. The lowest BCUT2D eigenvalue weighted by molar-refractivity contribution is 0.571. The first kappa shape index (κ1) is 21.2. The Labute approximate surface area is 162 Å². The zero-order valence-corrected chi connectivity index (χ0v) is 18.3. The summed E-state index contributed by atoms with van der Waals surface area (Å²) in [6, 6.07) is 11.0. The Bertz CT molecular complexity index is 596. The molecule has 2 N–H and O–H groups in total. The van der Waals surface area contributed by atoms with E-state index in [9.17, 15) is 4.39 Å². The van der Waals surface area contributed by atoms with Gasteiger partial charge in [0.05, 0.1) is 0 Å². The van der Waals surface area contributed by atoms with E-state index >= 15 is 0 Å². The van der Waals surface area contributed by atoms with E-state index in [4.69, 9.17) is 5.73 Å². The SMILES string of the molecule is CC(C)(C)c1cc(F)cc(Br)c1.CC(C)(C)c1cc(N)cc(Br)c1. The second-order valence-electron chi connectivity index (χ2n) is 7.93. The first-order valence-electron chi connectivity index (χ1n) is 7.82. The number of rotatable bonds is 0. The van der Waals surface area contributed by atoms with Gasteiger partial charge in [-0.2, -0.15) is 0 Å². The highest BCUT2D eigenvalue weighted by Gasteiger charge is 2.15. The van der Waals surface area contributed by atoms with Crippen LogP contribution in [0.4, 0.5) is 10.1 Å². The van der Waals surface area contributed by atoms with Gasteiger partial charge in [-0.1, -0.05) is 73.4 Å². The van der Waals surface area contributed by atoms with Crippen LogP contribution >= 0.6 is 31.9 Å². The van der Waals surface area contributed by atoms with Gasteiger partial charge in [-0.3, -0.25) is 0 Å². The number of nitrogen functional groups attached to an aromatic ring is 1. The number of nitrogens with two attached hydrogens (primary N) is 1. The molecule has 0 unspecified atom stereocenters. The molecule has 0 heterocycles. The van der Waals surface area contributed by atoms with Gasteiger partial charge in [-0.05, 0) is 58.4 Å². The molecule has 0 aromatic heterocycles. The molecule has 0 aliphatic carbocycles. The first-order valence-corrected chi connectivity index (χ1v) is 9.41. The van der Waals surface area contributed by atoms with Gasteiger partial charge in [0.2, 0.25) is 0 Å². The molecule has 24 heavy (non-hydrogen) atoms. The fourth-order valence-electron chi connectivity index (χ4n) is 2.03. The van der Waals surface area contributed by atoms with E-state index in [0.717, 1.165) is 20.2 Å². The molecule has 1 nitrogen and oxygen atoms in total. The third kappa shape index (κ3) is 6.94. The van der Waals surface area contributed by atoms with Gasteiger partial charge >= 0.3 is 0 Å². The molecule has 2 aromatic carbocycles. The van der Waals surface area contributed by atoms with Crippen molar-refractivity contribution in [1.82, 2.24) is 0 Å². The topological polar surface area (TPSA) is 26.0 Å². The molecular formula is C20H26Br2FN. The summed E-state index contributed by atoms with van der Waals surface area (Å²) in [5.74, 6) is -0.186. The lowest BCUT2D eigenvalue weighted by atomic mass is 9.87. The minimum atomic E-state index is -0.186. The Hall–Kier alpha value is -0.870. The predicted molar refractivity (Wildman–Crippen MR) is 110 cm³/mol. The minimum absolute atomic E-state index is 0.00458. The largest absolute Gasteiger partial charge is 0.399 e. The second-order valence-corrected chi connectivity index (χ2v) is 9.76. The minimum Gasteiger partial charge on any atom is -0.399 e. The Balaban J connectivity index is 0.000000240. The maximum Gasteiger partial charge on any atom is 0.124 e. The van der Waals surface area contributed by atoms with Crippen LogP contribution in [0.3, 0.4) is 0 Å². The Morgan fingerprint density at radius 2 is 1.12 bits per heavy atom. The van der Waals surface area contributed by atoms with Crippen LogP contribution in [0.1, 0.15) is 52.7 Å². The van der Waals surface area contributed by atoms with E-state index in [0.29, 0.717) is 0 Å². The summed E-state index contributed by atoms with van der Waals surface area (Å²) < 4.78 is 14.8. The summed E-state index contributed by atoms with van der Waals surface area (Å²) in [5.41, 5.74) is 8.98. The van der Waals surface area contributed by atoms with Crippen LogP contribution in [0.25, 0.3) is 0 Å². The van der Waals surface area contributed by atoms with E-state index in [1.807, 2.05) is 18.2 Å². The third-order valence-corrected chi connectivity index (χ3v) is 4.43. The van der Waals surface area contributed by atoms with Crippen molar-refractivity contribution in [2.45, 2.75) is 52.4 Å². The highest BCUT2D eigenvalue weighted by molar-refractivity contribution is 9.10. The summed E-state index contributed by atoms with van der Waals surface area (Å²) >= 11 is 6.69. The van der Waals surface area contributed by atoms with Crippen LogP contribution in [-0.4, -0.2) is 0 Å². The van der Waals surface area contributed by atoms with Crippen molar-refractivity contribution in [3.8, 4) is 0 Å². The normalized spacial score (nSPS) is 11.7. The quantitative estimate of drug-likeness (QED) is 0.414. The molecule has 0 spiro atoms. The van der Waals surface area contributed by atoms with Crippen LogP contribution < -0.4 is 5.73 Å². The van der Waals surface area contributed by atoms with Gasteiger partial charge in [0.1, 0.15) is 5.82 Å². The molecule has 4 heteroatoms. The molecule has 0 saturated heterocycles. The van der Waals surface area contributed by atoms with E-state index in [2.05, 4.69) is 79.5 Å². The van der Waals surface area contributed by atoms with Crippen molar-refractivity contribution in [3.05, 3.63) is 62.3 Å². The molecule has 2 aromatic rings. The molecule has 0 amide bonds. The van der Waals surface area contributed by atoms with Gasteiger partial charge in [0, 0.05) is 14.6 Å². The molecule has 0 radical (unpaired) electrons. The monoisotopic (exact) mass is 457 g/mol. The van der Waals surface area contributed by atoms with Crippen molar-refractivity contribution in [2.75, 3.05) is 5.73 Å². The van der Waals surface area contributed by atoms with Crippen molar-refractivity contribution >= 4 is 37.5 Å². The number of halogens is 3. The zero-order valence-electron chi connectivity index (χ0n) is 15.2. The predicted octanol–water partition coefficient (Wildman–Crippen LogP) is 7.21. The van der Waals surface area contributed by atoms with E-state index < -0.39 is 0 Å². The first-order chi connectivity index (χ1) is 10.8. The van der Waals surface area contributed by atoms with Crippen molar-refractivity contribution < 1.29 is 4.39 Å². The number of benzene rings is 2. The van der Waals surface area contributed by atoms with Gasteiger partial charge < -0.3 is 5.73 Å². The summed E-state index contributed by atoms with van der Waals surface area (Å²) in [7, 11) is 0. The average Bonchev–Trinajstić information content (AvgIpc) is 2.35. The molecule has 0 aliphatic rings. The summed E-state index contributed by atoms with van der Waals surface area (Å²) in [6.45, 7) is 12.7. The maximum atomic E-state index is 12.9. The highest BCUT2D eigenvalue weighted by Crippen LogP contribution is 2.27. The molecule has 0 bridgehead atoms. The van der Waals surface area contributed by atoms with Gasteiger partial charge in [0.15, 0.2) is 0 Å². The molecule has 0 aliphatic heterocycles. The van der Waals surface area contributed by atoms with Crippen LogP contribution in [0.15, 0.2) is 45.3 Å². The average molecular weight is 459 g/mol. The zero-order chi connectivity index (χ0) is 18.7. The maximum absolute atomic E-state index is 12.9. The molecular weight excluding hydrogens is 433 g/mol. The molecule has 0 saturated carbocycles. The van der Waals surface area contributed by atoms with E-state index in [1.54, 1.807) is 6.07 Å². The molecule has 2 rings (SSSR count). The molecule has 0 fully saturated rings. The number of hydrogen-bond donors (Lipinski definition) is 1. The number of anilines is 1. The van der Waals surface area contributed by atoms with E-state index in [1.165, 1.54) is 11.6 Å². The lowest BCUT2D eigenvalue weighted by Crippen LogP contribution is -2.11. The van der Waals surface area contributed by atoms with Crippen LogP contribution in [0.2, 0.25) is 0 Å². The van der Waals surface area contributed by atoms with E-state index in [-0.39, 0.29) is 16.6 Å². The van der Waals surface area contributed by atoms with Crippen molar-refractivity contribution in [3.63, 3.8) is 0 Å². The van der Waals surface area contributed by atoms with Crippen molar-refractivity contribution in [2.24, 2.45) is 0 Å². The van der Waals surface area contributed by atoms with Crippen molar-refractivity contribution in [1.29, 1.82) is 0 Å². The fourth-order valence-corrected chi connectivity index (χ4v) is 3.01. The summed E-state index contributed by atoms with van der Waals surface area (Å²) in [5, 5.41) is 0. The Kier molecular flexibility index (Phi) is 7.06. The summed E-state index contributed by atoms with van der Waals surface area (Å²) in [6.07, 6.45) is 0. The number of hydrogen-bond acceptors (Lipinski definition) is 1. The van der Waals surface area contributed by atoms with Gasteiger partial charge in [-0.25, -0.2) is 4.39 Å². The lowest BCUT2D eigenvalue weighted by Gasteiger charge is -2.19. The Morgan fingerprint density at radius 1 is 0.708 bits per heavy atom. The van der Waals surface area contributed by atoms with Crippen LogP contribution in [-0.2, 0) is 10.8 Å². The second kappa shape index (κ2) is 8.01. The summed E-state index contributed by atoms with van der Waals surface area (Å²) in [4.78, 5) is 0. The highest BCUT2D eigenvalue weighted by atomic mass is 79.9. The van der Waals surface area contributed by atoms with Gasteiger partial charge in [-0.15, -0.1) is 0 Å². The Morgan fingerprint density at radius 3 is 1.50 bits per heavy atom. The van der Waals surface area contributed by atoms with Crippen LogP contribution in [0, 0.1) is 5.82 Å². The fraction of sp³-hybridized carbons (Fsp3) is 0.400. The van der Waals surface area contributed by atoms with Crippen LogP contribution in [0.5, 0.6) is 0 Å². The van der Waals surface area contributed by atoms with Gasteiger partial charge in [0.25, 0.3) is 0 Å². The standard InChI is InChI=1S/C10H12BrF.C10H14BrN/c2*1-10(2,3)7-4-8(11)6-9(12)5-7/h4-6H,1-3H3;4-6H,12H2,1-3H3. The molecule has 132 valence electrons. The third-order valence-electron chi connectivity index (χ3n) is 3.51.